The normalized spacial score (nSPS) is 18.7. The van der Waals surface area contributed by atoms with Crippen LogP contribution in [0.15, 0.2) is 54.6 Å². The Labute approximate surface area is 154 Å². The van der Waals surface area contributed by atoms with E-state index in [9.17, 15) is 4.79 Å². The number of para-hydroxylation sites is 1. The maximum Gasteiger partial charge on any atom is 0.407 e. The molecular formula is C21H26N2O3. The van der Waals surface area contributed by atoms with Crippen molar-refractivity contribution in [3.8, 4) is 0 Å². The maximum absolute atomic E-state index is 11.9. The summed E-state index contributed by atoms with van der Waals surface area (Å²) in [5, 5.41) is 6.50. The molecular weight excluding hydrogens is 328 g/mol. The molecule has 1 aliphatic rings. The summed E-state index contributed by atoms with van der Waals surface area (Å²) >= 11 is 0. The molecule has 0 saturated heterocycles. The van der Waals surface area contributed by atoms with Crippen molar-refractivity contribution in [3.63, 3.8) is 0 Å². The molecule has 1 aliphatic carbocycles. The molecule has 1 amide bonds. The highest BCUT2D eigenvalue weighted by Gasteiger charge is 2.30. The molecule has 138 valence electrons. The second-order valence-corrected chi connectivity index (χ2v) is 6.62. The molecule has 0 unspecified atom stereocenters. The molecule has 0 bridgehead atoms. The molecule has 5 heteroatoms. The first-order valence-corrected chi connectivity index (χ1v) is 9.05. The molecule has 3 rings (SSSR count). The smallest absolute Gasteiger partial charge is 0.407 e. The Morgan fingerprint density at radius 3 is 2.54 bits per heavy atom. The third-order valence-electron chi connectivity index (χ3n) is 4.63. The van der Waals surface area contributed by atoms with Gasteiger partial charge in [0.2, 0.25) is 0 Å². The summed E-state index contributed by atoms with van der Waals surface area (Å²) in [6, 6.07) is 18.5. The fourth-order valence-electron chi connectivity index (χ4n) is 3.10. The summed E-state index contributed by atoms with van der Waals surface area (Å²) in [5.41, 5.74) is 3.40. The van der Waals surface area contributed by atoms with E-state index in [1.54, 1.807) is 7.11 Å². The van der Waals surface area contributed by atoms with Crippen molar-refractivity contribution in [2.24, 2.45) is 0 Å². The number of anilines is 1. The average Bonchev–Trinajstić information content (AvgIpc) is 2.64. The monoisotopic (exact) mass is 354 g/mol. The summed E-state index contributed by atoms with van der Waals surface area (Å²) < 4.78 is 10.4. The number of carbonyl (C=O) groups is 1. The van der Waals surface area contributed by atoms with Crippen LogP contribution < -0.4 is 10.6 Å². The predicted molar refractivity (Wildman–Crippen MR) is 102 cm³/mol. The first-order chi connectivity index (χ1) is 12.7. The van der Waals surface area contributed by atoms with Crippen LogP contribution in [-0.2, 0) is 22.5 Å². The van der Waals surface area contributed by atoms with Crippen molar-refractivity contribution in [1.29, 1.82) is 0 Å². The van der Waals surface area contributed by atoms with E-state index in [1.807, 2.05) is 42.5 Å². The van der Waals surface area contributed by atoms with Gasteiger partial charge in [-0.2, -0.15) is 0 Å². The lowest BCUT2D eigenvalue weighted by atomic mass is 9.86. The standard InChI is InChI=1S/C21H26N2O3/c1-25-12-11-17-9-5-6-10-20(17)22-18-13-19(14-18)23-21(24)26-15-16-7-3-2-4-8-16/h2-10,18-19,22H,11-15H2,1H3,(H,23,24). The minimum absolute atomic E-state index is 0.168. The highest BCUT2D eigenvalue weighted by Crippen LogP contribution is 2.26. The van der Waals surface area contributed by atoms with Crippen LogP contribution in [0.3, 0.4) is 0 Å². The van der Waals surface area contributed by atoms with Crippen LogP contribution in [0.1, 0.15) is 24.0 Å². The van der Waals surface area contributed by atoms with Gasteiger partial charge in [0.1, 0.15) is 6.61 Å². The first kappa shape index (κ1) is 18.3. The molecule has 2 aromatic carbocycles. The van der Waals surface area contributed by atoms with E-state index in [0.29, 0.717) is 19.3 Å². The van der Waals surface area contributed by atoms with E-state index in [1.165, 1.54) is 5.56 Å². The van der Waals surface area contributed by atoms with E-state index >= 15 is 0 Å². The number of hydrogen-bond donors (Lipinski definition) is 2. The Kier molecular flexibility index (Phi) is 6.50. The Morgan fingerprint density at radius 1 is 1.04 bits per heavy atom. The quantitative estimate of drug-likeness (QED) is 0.758. The molecule has 2 aromatic rings. The molecule has 26 heavy (non-hydrogen) atoms. The van der Waals surface area contributed by atoms with Crippen LogP contribution in [0.2, 0.25) is 0 Å². The fraction of sp³-hybridized carbons (Fsp3) is 0.381. The zero-order valence-corrected chi connectivity index (χ0v) is 15.1. The summed E-state index contributed by atoms with van der Waals surface area (Å²) in [6.07, 6.45) is 2.34. The summed E-state index contributed by atoms with van der Waals surface area (Å²) in [6.45, 7) is 1.01. The highest BCUT2D eigenvalue weighted by atomic mass is 16.5. The summed E-state index contributed by atoms with van der Waals surface area (Å²) in [4.78, 5) is 11.9. The van der Waals surface area contributed by atoms with Crippen LogP contribution in [0, 0.1) is 0 Å². The van der Waals surface area contributed by atoms with E-state index in [4.69, 9.17) is 9.47 Å². The minimum Gasteiger partial charge on any atom is -0.445 e. The Hall–Kier alpha value is -2.53. The van der Waals surface area contributed by atoms with Gasteiger partial charge in [-0.25, -0.2) is 4.79 Å². The Bertz CT molecular complexity index is 699. The van der Waals surface area contributed by atoms with E-state index in [2.05, 4.69) is 22.8 Å². The van der Waals surface area contributed by atoms with Gasteiger partial charge in [-0.05, 0) is 36.5 Å². The van der Waals surface area contributed by atoms with Crippen molar-refractivity contribution < 1.29 is 14.3 Å². The predicted octanol–water partition coefficient (Wildman–Crippen LogP) is 3.74. The molecule has 0 aliphatic heterocycles. The number of alkyl carbamates (subject to hydrolysis) is 1. The van der Waals surface area contributed by atoms with Gasteiger partial charge in [0.05, 0.1) is 6.61 Å². The van der Waals surface area contributed by atoms with Crippen LogP contribution in [0.5, 0.6) is 0 Å². The second kappa shape index (κ2) is 9.25. The lowest BCUT2D eigenvalue weighted by molar-refractivity contribution is 0.129. The molecule has 1 saturated carbocycles. The van der Waals surface area contributed by atoms with Crippen molar-refractivity contribution in [1.82, 2.24) is 5.32 Å². The van der Waals surface area contributed by atoms with Gasteiger partial charge in [0.25, 0.3) is 0 Å². The molecule has 0 radical (unpaired) electrons. The highest BCUT2D eigenvalue weighted by molar-refractivity contribution is 5.68. The lowest BCUT2D eigenvalue weighted by Gasteiger charge is -2.37. The van der Waals surface area contributed by atoms with Crippen molar-refractivity contribution in [2.75, 3.05) is 19.0 Å². The third-order valence-corrected chi connectivity index (χ3v) is 4.63. The van der Waals surface area contributed by atoms with Crippen LogP contribution in [0.4, 0.5) is 10.5 Å². The van der Waals surface area contributed by atoms with Gasteiger partial charge >= 0.3 is 6.09 Å². The summed E-state index contributed by atoms with van der Waals surface area (Å²) in [7, 11) is 1.72. The van der Waals surface area contributed by atoms with Gasteiger partial charge in [0.15, 0.2) is 0 Å². The van der Waals surface area contributed by atoms with Gasteiger partial charge in [-0.1, -0.05) is 48.5 Å². The van der Waals surface area contributed by atoms with Crippen LogP contribution in [-0.4, -0.2) is 31.9 Å². The number of rotatable bonds is 8. The first-order valence-electron chi connectivity index (χ1n) is 9.05. The third kappa shape index (κ3) is 5.23. The number of methoxy groups -OCH3 is 1. The van der Waals surface area contributed by atoms with Gasteiger partial charge < -0.3 is 20.1 Å². The van der Waals surface area contributed by atoms with E-state index in [0.717, 1.165) is 30.5 Å². The zero-order valence-electron chi connectivity index (χ0n) is 15.1. The number of benzene rings is 2. The number of carbonyl (C=O) groups excluding carboxylic acids is 1. The Balaban J connectivity index is 1.38. The molecule has 0 spiro atoms. The number of amides is 1. The van der Waals surface area contributed by atoms with Crippen LogP contribution >= 0.6 is 0 Å². The minimum atomic E-state index is -0.349. The van der Waals surface area contributed by atoms with Crippen molar-refractivity contribution in [2.45, 2.75) is 38.0 Å². The average molecular weight is 354 g/mol. The lowest BCUT2D eigenvalue weighted by Crippen LogP contribution is -2.49. The van der Waals surface area contributed by atoms with Crippen LogP contribution in [0.25, 0.3) is 0 Å². The number of nitrogens with one attached hydrogen (secondary N) is 2. The maximum atomic E-state index is 11.9. The molecule has 2 N–H and O–H groups in total. The Morgan fingerprint density at radius 2 is 1.77 bits per heavy atom. The number of hydrogen-bond acceptors (Lipinski definition) is 4. The topological polar surface area (TPSA) is 59.6 Å². The largest absolute Gasteiger partial charge is 0.445 e. The van der Waals surface area contributed by atoms with Gasteiger partial charge in [-0.3, -0.25) is 0 Å². The van der Waals surface area contributed by atoms with Crippen molar-refractivity contribution in [3.05, 3.63) is 65.7 Å². The molecule has 0 atom stereocenters. The summed E-state index contributed by atoms with van der Waals surface area (Å²) in [5.74, 6) is 0. The van der Waals surface area contributed by atoms with E-state index < -0.39 is 0 Å². The number of ether oxygens (including phenoxy) is 2. The van der Waals surface area contributed by atoms with Gasteiger partial charge in [0, 0.05) is 24.9 Å². The SMILES string of the molecule is COCCc1ccccc1NC1CC(NC(=O)OCc2ccccc2)C1. The molecule has 0 aromatic heterocycles. The molecule has 5 nitrogen and oxygen atoms in total. The van der Waals surface area contributed by atoms with Crippen molar-refractivity contribution >= 4 is 11.8 Å². The molecule has 1 fully saturated rings. The van der Waals surface area contributed by atoms with E-state index in [-0.39, 0.29) is 12.1 Å². The van der Waals surface area contributed by atoms with Gasteiger partial charge in [-0.15, -0.1) is 0 Å². The second-order valence-electron chi connectivity index (χ2n) is 6.62. The fourth-order valence-corrected chi connectivity index (χ4v) is 3.10. The molecule has 0 heterocycles. The zero-order chi connectivity index (χ0) is 18.2.